The molecule has 3 aliphatic rings. The topological polar surface area (TPSA) is 30.0 Å². The van der Waals surface area contributed by atoms with Gasteiger partial charge in [0, 0.05) is 64.1 Å². The van der Waals surface area contributed by atoms with E-state index >= 15 is 0 Å². The highest BCUT2D eigenvalue weighted by Crippen LogP contribution is 2.39. The van der Waals surface area contributed by atoms with E-state index in [1.54, 1.807) is 24.3 Å². The largest absolute Gasteiger partial charge is 0.416 e. The van der Waals surface area contributed by atoms with Gasteiger partial charge < -0.3 is 9.80 Å². The van der Waals surface area contributed by atoms with Crippen molar-refractivity contribution in [3.05, 3.63) is 53.6 Å². The minimum absolute atomic E-state index is 0.136. The Morgan fingerprint density at radius 1 is 0.718 bits per heavy atom. The van der Waals surface area contributed by atoms with Gasteiger partial charge in [-0.25, -0.2) is 0 Å². The highest BCUT2D eigenvalue weighted by Gasteiger charge is 2.37. The summed E-state index contributed by atoms with van der Waals surface area (Å²) < 4.78 is 79.4. The van der Waals surface area contributed by atoms with Crippen LogP contribution in [0.2, 0.25) is 0 Å². The lowest BCUT2D eigenvalue weighted by Crippen LogP contribution is -2.56. The van der Waals surface area contributed by atoms with Crippen LogP contribution in [0.5, 0.6) is 0 Å². The molecule has 1 saturated carbocycles. The van der Waals surface area contributed by atoms with E-state index in [4.69, 9.17) is 0 Å². The van der Waals surface area contributed by atoms with E-state index in [2.05, 4.69) is 14.7 Å². The van der Waals surface area contributed by atoms with Crippen molar-refractivity contribution in [1.29, 1.82) is 0 Å². The second-order valence-electron chi connectivity index (χ2n) is 10.6. The molecule has 0 radical (unpaired) electrons. The van der Waals surface area contributed by atoms with Crippen LogP contribution in [0.25, 0.3) is 11.1 Å². The first-order valence-corrected chi connectivity index (χ1v) is 13.4. The van der Waals surface area contributed by atoms with Crippen molar-refractivity contribution < 1.29 is 31.1 Å². The van der Waals surface area contributed by atoms with Gasteiger partial charge in [-0.05, 0) is 54.3 Å². The van der Waals surface area contributed by atoms with Crippen molar-refractivity contribution in [2.75, 3.05) is 63.8 Å². The predicted octanol–water partition coefficient (Wildman–Crippen LogP) is 5.21. The standard InChI is InChI=1S/C28H32F6N4O/c29-27(30,31)22-16-21(17-23(18-22)28(32,33)34)20-4-6-25(7-5-20)36-10-8-35(9-11-36)19-26(39)38-14-12-37(13-15-38)24-2-1-3-24/h4-7,16-18,24H,1-3,8-15,19H2. The maximum absolute atomic E-state index is 13.2. The zero-order chi connectivity index (χ0) is 27.8. The van der Waals surface area contributed by atoms with Crippen LogP contribution in [0.3, 0.4) is 0 Å². The molecule has 5 nitrogen and oxygen atoms in total. The van der Waals surface area contributed by atoms with Gasteiger partial charge in [0.25, 0.3) is 0 Å². The van der Waals surface area contributed by atoms with Gasteiger partial charge in [0.1, 0.15) is 0 Å². The third-order valence-corrected chi connectivity index (χ3v) is 8.14. The molecule has 3 fully saturated rings. The van der Waals surface area contributed by atoms with E-state index in [1.807, 2.05) is 4.90 Å². The number of rotatable bonds is 5. The van der Waals surface area contributed by atoms with E-state index in [0.717, 1.165) is 44.0 Å². The molecule has 0 aromatic heterocycles. The summed E-state index contributed by atoms with van der Waals surface area (Å²) in [5.41, 5.74) is -1.69. The highest BCUT2D eigenvalue weighted by atomic mass is 19.4. The van der Waals surface area contributed by atoms with Crippen LogP contribution in [-0.2, 0) is 17.1 Å². The van der Waals surface area contributed by atoms with Gasteiger partial charge in [-0.15, -0.1) is 0 Å². The van der Waals surface area contributed by atoms with Crippen molar-refractivity contribution in [1.82, 2.24) is 14.7 Å². The summed E-state index contributed by atoms with van der Waals surface area (Å²) in [5, 5.41) is 0. The number of hydrogen-bond donors (Lipinski definition) is 0. The molecule has 0 N–H and O–H groups in total. The smallest absolute Gasteiger partial charge is 0.369 e. The molecule has 1 aliphatic carbocycles. The van der Waals surface area contributed by atoms with Gasteiger partial charge >= 0.3 is 12.4 Å². The monoisotopic (exact) mass is 554 g/mol. The van der Waals surface area contributed by atoms with Crippen molar-refractivity contribution in [2.24, 2.45) is 0 Å². The molecule has 1 amide bonds. The molecule has 2 aromatic rings. The number of alkyl halides is 6. The minimum atomic E-state index is -4.89. The lowest BCUT2D eigenvalue weighted by atomic mass is 9.91. The summed E-state index contributed by atoms with van der Waals surface area (Å²) in [5.74, 6) is 0.153. The molecule has 2 saturated heterocycles. The number of halogens is 6. The zero-order valence-electron chi connectivity index (χ0n) is 21.6. The number of benzene rings is 2. The number of hydrogen-bond acceptors (Lipinski definition) is 4. The molecule has 39 heavy (non-hydrogen) atoms. The van der Waals surface area contributed by atoms with E-state index in [1.165, 1.54) is 19.3 Å². The van der Waals surface area contributed by atoms with Crippen molar-refractivity contribution >= 4 is 11.6 Å². The van der Waals surface area contributed by atoms with Crippen molar-refractivity contribution in [3.8, 4) is 11.1 Å². The van der Waals surface area contributed by atoms with E-state index in [-0.39, 0.29) is 23.1 Å². The van der Waals surface area contributed by atoms with Gasteiger partial charge in [0.2, 0.25) is 5.91 Å². The Bertz CT molecular complexity index is 1110. The summed E-state index contributed by atoms with van der Waals surface area (Å²) in [4.78, 5) is 21.5. The average molecular weight is 555 g/mol. The SMILES string of the molecule is O=C(CN1CCN(c2ccc(-c3cc(C(F)(F)F)cc(C(F)(F)F)c3)cc2)CC1)N1CCN(C2CCC2)CC1. The number of piperazine rings is 2. The average Bonchev–Trinajstić information content (AvgIpc) is 2.87. The Labute approximate surface area is 224 Å². The molecule has 212 valence electrons. The summed E-state index contributed by atoms with van der Waals surface area (Å²) in [6.07, 6.45) is -5.93. The number of carbonyl (C=O) groups is 1. The molecule has 2 aromatic carbocycles. The first-order valence-electron chi connectivity index (χ1n) is 13.4. The summed E-state index contributed by atoms with van der Waals surface area (Å²) in [7, 11) is 0. The Kier molecular flexibility index (Phi) is 7.83. The molecular weight excluding hydrogens is 522 g/mol. The van der Waals surface area contributed by atoms with E-state index < -0.39 is 23.5 Å². The third kappa shape index (κ3) is 6.51. The van der Waals surface area contributed by atoms with Crippen LogP contribution >= 0.6 is 0 Å². The Morgan fingerprint density at radius 2 is 1.28 bits per heavy atom. The minimum Gasteiger partial charge on any atom is -0.369 e. The second-order valence-corrected chi connectivity index (χ2v) is 10.6. The van der Waals surface area contributed by atoms with Crippen LogP contribution in [0.15, 0.2) is 42.5 Å². The van der Waals surface area contributed by atoms with Gasteiger partial charge in [0.05, 0.1) is 17.7 Å². The first kappa shape index (κ1) is 27.8. The molecular formula is C28H32F6N4O. The highest BCUT2D eigenvalue weighted by molar-refractivity contribution is 5.78. The van der Waals surface area contributed by atoms with E-state index in [9.17, 15) is 31.1 Å². The fraction of sp³-hybridized carbons (Fsp3) is 0.536. The zero-order valence-corrected chi connectivity index (χ0v) is 21.6. The van der Waals surface area contributed by atoms with Crippen LogP contribution in [0.1, 0.15) is 30.4 Å². The fourth-order valence-corrected chi connectivity index (χ4v) is 5.53. The van der Waals surface area contributed by atoms with Crippen molar-refractivity contribution in [2.45, 2.75) is 37.7 Å². The predicted molar refractivity (Wildman–Crippen MR) is 136 cm³/mol. The number of amides is 1. The maximum atomic E-state index is 13.2. The van der Waals surface area contributed by atoms with Gasteiger partial charge in [-0.1, -0.05) is 18.6 Å². The quantitative estimate of drug-likeness (QED) is 0.475. The van der Waals surface area contributed by atoms with Gasteiger partial charge in [0.15, 0.2) is 0 Å². The van der Waals surface area contributed by atoms with Gasteiger partial charge in [-0.2, -0.15) is 26.3 Å². The van der Waals surface area contributed by atoms with Crippen LogP contribution in [0, 0.1) is 0 Å². The Balaban J connectivity index is 1.16. The van der Waals surface area contributed by atoms with E-state index in [0.29, 0.717) is 38.8 Å². The second kappa shape index (κ2) is 11.0. The lowest BCUT2D eigenvalue weighted by Gasteiger charge is -2.43. The molecule has 5 rings (SSSR count). The molecule has 0 atom stereocenters. The van der Waals surface area contributed by atoms with Crippen LogP contribution < -0.4 is 4.90 Å². The summed E-state index contributed by atoms with van der Waals surface area (Å²) in [6, 6.07) is 8.84. The van der Waals surface area contributed by atoms with Crippen LogP contribution in [0.4, 0.5) is 32.0 Å². The fourth-order valence-electron chi connectivity index (χ4n) is 5.53. The number of anilines is 1. The van der Waals surface area contributed by atoms with Crippen molar-refractivity contribution in [3.63, 3.8) is 0 Å². The Hall–Kier alpha value is -2.79. The molecule has 11 heteroatoms. The molecule has 0 spiro atoms. The normalized spacial score (nSPS) is 20.3. The number of carbonyl (C=O) groups excluding carboxylic acids is 1. The summed E-state index contributed by atoms with van der Waals surface area (Å²) in [6.45, 7) is 6.55. The third-order valence-electron chi connectivity index (χ3n) is 8.14. The Morgan fingerprint density at radius 3 is 1.77 bits per heavy atom. The lowest BCUT2D eigenvalue weighted by molar-refractivity contribution is -0.143. The van der Waals surface area contributed by atoms with Crippen LogP contribution in [-0.4, -0.2) is 85.6 Å². The summed E-state index contributed by atoms with van der Waals surface area (Å²) >= 11 is 0. The molecule has 0 unspecified atom stereocenters. The molecule has 2 heterocycles. The first-order chi connectivity index (χ1) is 18.5. The molecule has 0 bridgehead atoms. The maximum Gasteiger partial charge on any atom is 0.416 e. The van der Waals surface area contributed by atoms with Gasteiger partial charge in [-0.3, -0.25) is 14.6 Å². The number of nitrogens with zero attached hydrogens (tertiary/aromatic N) is 4. The molecule has 2 aliphatic heterocycles.